The van der Waals surface area contributed by atoms with Gasteiger partial charge < -0.3 is 4.57 Å². The Labute approximate surface area is 163 Å². The Bertz CT molecular complexity index is 1140. The lowest BCUT2D eigenvalue weighted by atomic mass is 10.1. The fourth-order valence-corrected chi connectivity index (χ4v) is 4.66. The van der Waals surface area contributed by atoms with Crippen LogP contribution in [0.1, 0.15) is 6.92 Å². The molecule has 8 heteroatoms. The van der Waals surface area contributed by atoms with Gasteiger partial charge in [-0.2, -0.15) is 0 Å². The van der Waals surface area contributed by atoms with Gasteiger partial charge in [-0.3, -0.25) is 14.9 Å². The molecule has 1 N–H and O–H groups in total. The van der Waals surface area contributed by atoms with Gasteiger partial charge in [0, 0.05) is 10.8 Å². The summed E-state index contributed by atoms with van der Waals surface area (Å²) < 4.78 is 2.69. The summed E-state index contributed by atoms with van der Waals surface area (Å²) in [7, 11) is 0. The van der Waals surface area contributed by atoms with E-state index in [1.54, 1.807) is 23.9 Å². The predicted octanol–water partition coefficient (Wildman–Crippen LogP) is 3.76. The quantitative estimate of drug-likeness (QED) is 0.316. The first kappa shape index (κ1) is 17.7. The highest BCUT2D eigenvalue weighted by Crippen LogP contribution is 2.25. The molecule has 2 aromatic heterocycles. The van der Waals surface area contributed by atoms with Crippen molar-refractivity contribution < 1.29 is 4.79 Å². The summed E-state index contributed by atoms with van der Waals surface area (Å²) in [6.45, 7) is 2.12. The Morgan fingerprint density at radius 2 is 1.70 bits per heavy atom. The van der Waals surface area contributed by atoms with Crippen LogP contribution in [0.25, 0.3) is 21.8 Å². The minimum Gasteiger partial charge on any atom is -0.331 e. The van der Waals surface area contributed by atoms with E-state index in [4.69, 9.17) is 0 Å². The summed E-state index contributed by atoms with van der Waals surface area (Å²) in [4.78, 5) is 25.4. The molecule has 0 saturated carbocycles. The molecule has 0 radical (unpaired) electrons. The van der Waals surface area contributed by atoms with Crippen LogP contribution in [-0.4, -0.2) is 26.4 Å². The highest BCUT2D eigenvalue weighted by molar-refractivity contribution is 8.01. The lowest BCUT2D eigenvalue weighted by molar-refractivity contribution is -0.116. The van der Waals surface area contributed by atoms with Crippen molar-refractivity contribution in [3.8, 4) is 0 Å². The Hall–Kier alpha value is -2.71. The summed E-state index contributed by atoms with van der Waals surface area (Å²) in [5.74, 6) is 0.691. The number of amides is 1. The number of anilines is 1. The van der Waals surface area contributed by atoms with E-state index in [1.807, 2.05) is 47.9 Å². The second-order valence-corrected chi connectivity index (χ2v) is 8.29. The highest BCUT2D eigenvalue weighted by Gasteiger charge is 2.14. The molecule has 0 spiro atoms. The smallest absolute Gasteiger partial charge is 0.246 e. The van der Waals surface area contributed by atoms with Crippen molar-refractivity contribution in [1.82, 2.24) is 14.8 Å². The van der Waals surface area contributed by atoms with Crippen LogP contribution in [0.5, 0.6) is 0 Å². The van der Waals surface area contributed by atoms with E-state index in [2.05, 4.69) is 15.5 Å². The first-order valence-electron chi connectivity index (χ1n) is 8.44. The lowest BCUT2D eigenvalue weighted by Gasteiger charge is -2.14. The number of para-hydroxylation sites is 2. The Kier molecular flexibility index (Phi) is 4.91. The molecule has 136 valence electrons. The van der Waals surface area contributed by atoms with E-state index in [-0.39, 0.29) is 17.9 Å². The van der Waals surface area contributed by atoms with Gasteiger partial charge in [0.15, 0.2) is 9.77 Å². The number of hydrogen-bond donors (Lipinski definition) is 1. The number of hydrogen-bond acceptors (Lipinski definition) is 6. The molecule has 0 aliphatic rings. The Morgan fingerprint density at radius 3 is 2.33 bits per heavy atom. The van der Waals surface area contributed by atoms with E-state index in [0.717, 1.165) is 21.1 Å². The number of carbonyl (C=O) groups excluding carboxylic acids is 1. The van der Waals surface area contributed by atoms with Crippen molar-refractivity contribution >= 4 is 55.9 Å². The third kappa shape index (κ3) is 3.45. The molecule has 0 aliphatic carbocycles. The van der Waals surface area contributed by atoms with Crippen LogP contribution >= 0.6 is 23.1 Å². The number of nitrogens with one attached hydrogen (secondary N) is 1. The van der Waals surface area contributed by atoms with Crippen LogP contribution in [0.15, 0.2) is 57.7 Å². The fourth-order valence-electron chi connectivity index (χ4n) is 2.99. The zero-order valence-electron chi connectivity index (χ0n) is 14.5. The standard InChI is InChI=1S/C19H16N4O2S2/c1-2-26-19-22-21-18(27-19)20-16(24)11-23-14-9-5-3-7-12(14)17(25)13-8-4-6-10-15(13)23/h3-10H,2,11H2,1H3,(H,20,21,24). The van der Waals surface area contributed by atoms with Gasteiger partial charge in [-0.05, 0) is 30.0 Å². The third-order valence-electron chi connectivity index (χ3n) is 4.10. The van der Waals surface area contributed by atoms with Crippen molar-refractivity contribution in [1.29, 1.82) is 0 Å². The molecule has 0 unspecified atom stereocenters. The van der Waals surface area contributed by atoms with Gasteiger partial charge in [-0.1, -0.05) is 54.3 Å². The normalized spacial score (nSPS) is 11.1. The van der Waals surface area contributed by atoms with E-state index >= 15 is 0 Å². The first-order chi connectivity index (χ1) is 13.2. The molecule has 27 heavy (non-hydrogen) atoms. The Balaban J connectivity index is 1.72. The molecular formula is C19H16N4O2S2. The third-order valence-corrected chi connectivity index (χ3v) is 5.96. The average Bonchev–Trinajstić information content (AvgIpc) is 3.12. The van der Waals surface area contributed by atoms with E-state index in [1.165, 1.54) is 11.3 Å². The number of pyridine rings is 1. The number of nitrogens with zero attached hydrogens (tertiary/aromatic N) is 3. The van der Waals surface area contributed by atoms with Gasteiger partial charge in [0.05, 0.1) is 11.0 Å². The van der Waals surface area contributed by atoms with Crippen LogP contribution in [-0.2, 0) is 11.3 Å². The predicted molar refractivity (Wildman–Crippen MR) is 111 cm³/mol. The zero-order valence-corrected chi connectivity index (χ0v) is 16.1. The molecule has 0 saturated heterocycles. The second-order valence-electron chi connectivity index (χ2n) is 5.80. The number of thioether (sulfide) groups is 1. The first-order valence-corrected chi connectivity index (χ1v) is 10.2. The maximum Gasteiger partial charge on any atom is 0.246 e. The number of benzene rings is 2. The van der Waals surface area contributed by atoms with E-state index in [0.29, 0.717) is 15.9 Å². The summed E-state index contributed by atoms with van der Waals surface area (Å²) in [5.41, 5.74) is 1.44. The van der Waals surface area contributed by atoms with E-state index in [9.17, 15) is 9.59 Å². The number of fused-ring (bicyclic) bond motifs is 2. The molecule has 4 aromatic rings. The minimum absolute atomic E-state index is 0.0248. The van der Waals surface area contributed by atoms with Crippen LogP contribution in [0.4, 0.5) is 5.13 Å². The van der Waals surface area contributed by atoms with Crippen molar-refractivity contribution in [2.24, 2.45) is 0 Å². The topological polar surface area (TPSA) is 76.9 Å². The van der Waals surface area contributed by atoms with Gasteiger partial charge in [0.1, 0.15) is 6.54 Å². The molecule has 0 bridgehead atoms. The second kappa shape index (κ2) is 7.50. The molecule has 0 aliphatic heterocycles. The highest BCUT2D eigenvalue weighted by atomic mass is 32.2. The van der Waals surface area contributed by atoms with E-state index < -0.39 is 0 Å². The van der Waals surface area contributed by atoms with Crippen molar-refractivity contribution in [2.75, 3.05) is 11.1 Å². The van der Waals surface area contributed by atoms with Crippen LogP contribution < -0.4 is 10.7 Å². The van der Waals surface area contributed by atoms with Crippen LogP contribution in [0, 0.1) is 0 Å². The molecule has 6 nitrogen and oxygen atoms in total. The van der Waals surface area contributed by atoms with Crippen molar-refractivity contribution in [3.63, 3.8) is 0 Å². The Morgan fingerprint density at radius 1 is 1.07 bits per heavy atom. The molecular weight excluding hydrogens is 380 g/mol. The summed E-state index contributed by atoms with van der Waals surface area (Å²) in [5, 5.41) is 12.5. The maximum atomic E-state index is 12.7. The number of aromatic nitrogens is 3. The fraction of sp³-hybridized carbons (Fsp3) is 0.158. The number of carbonyl (C=O) groups is 1. The van der Waals surface area contributed by atoms with Gasteiger partial charge in [-0.15, -0.1) is 10.2 Å². The van der Waals surface area contributed by atoms with Crippen LogP contribution in [0.3, 0.4) is 0 Å². The SMILES string of the molecule is CCSc1nnc(NC(=O)Cn2c3ccccc3c(=O)c3ccccc32)s1. The monoisotopic (exact) mass is 396 g/mol. The number of rotatable bonds is 5. The van der Waals surface area contributed by atoms with Crippen molar-refractivity contribution in [3.05, 3.63) is 58.8 Å². The van der Waals surface area contributed by atoms with Crippen LogP contribution in [0.2, 0.25) is 0 Å². The molecule has 0 fully saturated rings. The lowest BCUT2D eigenvalue weighted by Crippen LogP contribution is -2.21. The molecule has 4 rings (SSSR count). The van der Waals surface area contributed by atoms with Gasteiger partial charge in [0.2, 0.25) is 11.0 Å². The van der Waals surface area contributed by atoms with Gasteiger partial charge in [0.25, 0.3) is 0 Å². The minimum atomic E-state index is -0.210. The summed E-state index contributed by atoms with van der Waals surface area (Å²) in [6, 6.07) is 14.7. The molecule has 2 aromatic carbocycles. The summed E-state index contributed by atoms with van der Waals surface area (Å²) >= 11 is 2.94. The average molecular weight is 396 g/mol. The molecule has 1 amide bonds. The van der Waals surface area contributed by atoms with Crippen molar-refractivity contribution in [2.45, 2.75) is 17.8 Å². The molecule has 0 atom stereocenters. The molecule has 2 heterocycles. The summed E-state index contributed by atoms with van der Waals surface area (Å²) in [6.07, 6.45) is 0. The van der Waals surface area contributed by atoms with Gasteiger partial charge >= 0.3 is 0 Å². The largest absolute Gasteiger partial charge is 0.331 e. The zero-order chi connectivity index (χ0) is 18.8. The van der Waals surface area contributed by atoms with Gasteiger partial charge in [-0.25, -0.2) is 0 Å². The maximum absolute atomic E-state index is 12.7.